The van der Waals surface area contributed by atoms with Crippen LogP contribution in [-0.4, -0.2) is 51.4 Å². The van der Waals surface area contributed by atoms with Gasteiger partial charge in [-0.05, 0) is 72.9 Å². The fourth-order valence-corrected chi connectivity index (χ4v) is 6.62. The van der Waals surface area contributed by atoms with E-state index < -0.39 is 28.5 Å². The van der Waals surface area contributed by atoms with Crippen LogP contribution in [0.2, 0.25) is 0 Å². The molecule has 0 saturated carbocycles. The average molecular weight is 642 g/mol. The van der Waals surface area contributed by atoms with E-state index in [4.69, 9.17) is 4.74 Å². The second kappa shape index (κ2) is 15.6. The Hall–Kier alpha value is -4.63. The molecule has 0 bridgehead atoms. The highest BCUT2D eigenvalue weighted by Crippen LogP contribution is 2.27. The van der Waals surface area contributed by atoms with E-state index in [9.17, 15) is 18.0 Å². The summed E-state index contributed by atoms with van der Waals surface area (Å²) in [6.07, 6.45) is 0.246. The van der Waals surface area contributed by atoms with Gasteiger partial charge in [-0.2, -0.15) is 0 Å². The van der Waals surface area contributed by atoms with Crippen LogP contribution in [0, 0.1) is 6.92 Å². The number of sulfonamides is 1. The van der Waals surface area contributed by atoms with Gasteiger partial charge in [-0.3, -0.25) is 13.9 Å². The number of amides is 2. The Kier molecular flexibility index (Phi) is 11.6. The maximum Gasteiger partial charge on any atom is 0.264 e. The van der Waals surface area contributed by atoms with Crippen molar-refractivity contribution >= 4 is 27.5 Å². The second-order valence-corrected chi connectivity index (χ2v) is 13.4. The zero-order valence-corrected chi connectivity index (χ0v) is 28.0. The van der Waals surface area contributed by atoms with Gasteiger partial charge < -0.3 is 15.0 Å². The summed E-state index contributed by atoms with van der Waals surface area (Å²) >= 11 is 0. The average Bonchev–Trinajstić information content (AvgIpc) is 3.06. The van der Waals surface area contributed by atoms with Gasteiger partial charge >= 0.3 is 0 Å². The number of hydrogen-bond donors (Lipinski definition) is 1. The molecular weight excluding hydrogens is 598 g/mol. The summed E-state index contributed by atoms with van der Waals surface area (Å²) in [5.74, 6) is 0.0128. The molecule has 0 spiro atoms. The lowest BCUT2D eigenvalue weighted by molar-refractivity contribution is -0.140. The second-order valence-electron chi connectivity index (χ2n) is 11.5. The van der Waals surface area contributed by atoms with E-state index in [1.165, 1.54) is 4.90 Å². The molecule has 1 atom stereocenters. The Morgan fingerprint density at radius 3 is 2.11 bits per heavy atom. The van der Waals surface area contributed by atoms with Gasteiger partial charge in [-0.1, -0.05) is 86.1 Å². The van der Waals surface area contributed by atoms with Crippen LogP contribution in [0.1, 0.15) is 48.9 Å². The molecule has 0 aliphatic carbocycles. The minimum absolute atomic E-state index is 0.0649. The summed E-state index contributed by atoms with van der Waals surface area (Å²) in [5.41, 5.74) is 3.93. The van der Waals surface area contributed by atoms with Crippen molar-refractivity contribution < 1.29 is 22.7 Å². The standard InChI is InChI=1S/C37H43N3O5S/c1-6-38-37(42)35(24-29-11-8-7-9-12-29)39(25-30-13-10-14-33(23-30)45-5)36(41)26-40(32-19-17-31(18-20-32)27(2)3)46(43,44)34-21-15-28(4)16-22-34/h7-23,27,35H,6,24-26H2,1-5H3,(H,38,42)/t35-/m1/s1. The van der Waals surface area contributed by atoms with E-state index in [0.29, 0.717) is 18.0 Å². The molecule has 0 aliphatic rings. The quantitative estimate of drug-likeness (QED) is 0.180. The monoisotopic (exact) mass is 641 g/mol. The molecule has 1 N–H and O–H groups in total. The minimum atomic E-state index is -4.17. The van der Waals surface area contributed by atoms with Crippen LogP contribution in [0.5, 0.6) is 5.75 Å². The number of hydrogen-bond acceptors (Lipinski definition) is 5. The molecular formula is C37H43N3O5S. The highest BCUT2D eigenvalue weighted by Gasteiger charge is 2.34. The van der Waals surface area contributed by atoms with Crippen LogP contribution >= 0.6 is 0 Å². The third-order valence-corrected chi connectivity index (χ3v) is 9.63. The third-order valence-electron chi connectivity index (χ3n) is 7.84. The lowest BCUT2D eigenvalue weighted by atomic mass is 10.0. The topological polar surface area (TPSA) is 96.0 Å². The molecule has 8 nitrogen and oxygen atoms in total. The van der Waals surface area contributed by atoms with Crippen LogP contribution in [0.15, 0.2) is 108 Å². The van der Waals surface area contributed by atoms with Crippen LogP contribution < -0.4 is 14.4 Å². The molecule has 0 heterocycles. The van der Waals surface area contributed by atoms with Crippen molar-refractivity contribution in [1.82, 2.24) is 10.2 Å². The van der Waals surface area contributed by atoms with Crippen LogP contribution in [-0.2, 0) is 32.6 Å². The fourth-order valence-electron chi connectivity index (χ4n) is 5.21. The number of methoxy groups -OCH3 is 1. The predicted octanol–water partition coefficient (Wildman–Crippen LogP) is 6.10. The van der Waals surface area contributed by atoms with E-state index in [-0.39, 0.29) is 29.7 Å². The number of nitrogens with zero attached hydrogens (tertiary/aromatic N) is 2. The molecule has 0 unspecified atom stereocenters. The van der Waals surface area contributed by atoms with E-state index >= 15 is 0 Å². The summed E-state index contributed by atoms with van der Waals surface area (Å²) in [7, 11) is -2.60. The molecule has 242 valence electrons. The van der Waals surface area contributed by atoms with Gasteiger partial charge in [-0.25, -0.2) is 8.42 Å². The highest BCUT2D eigenvalue weighted by molar-refractivity contribution is 7.92. The first-order valence-corrected chi connectivity index (χ1v) is 16.9. The van der Waals surface area contributed by atoms with Gasteiger partial charge in [0.25, 0.3) is 10.0 Å². The number of carbonyl (C=O) groups excluding carboxylic acids is 2. The molecule has 0 aliphatic heterocycles. The van der Waals surface area contributed by atoms with Crippen molar-refractivity contribution in [3.05, 3.63) is 125 Å². The van der Waals surface area contributed by atoms with Gasteiger partial charge in [0, 0.05) is 19.5 Å². The first kappa shape index (κ1) is 34.2. The Morgan fingerprint density at radius 1 is 0.848 bits per heavy atom. The Labute approximate surface area is 273 Å². The Balaban J connectivity index is 1.81. The lowest BCUT2D eigenvalue weighted by Gasteiger charge is -2.34. The van der Waals surface area contributed by atoms with Crippen molar-refractivity contribution in [1.29, 1.82) is 0 Å². The number of rotatable bonds is 14. The van der Waals surface area contributed by atoms with Crippen molar-refractivity contribution in [2.24, 2.45) is 0 Å². The Morgan fingerprint density at radius 2 is 1.50 bits per heavy atom. The first-order valence-electron chi connectivity index (χ1n) is 15.5. The summed E-state index contributed by atoms with van der Waals surface area (Å²) < 4.78 is 35.0. The van der Waals surface area contributed by atoms with Crippen LogP contribution in [0.4, 0.5) is 5.69 Å². The van der Waals surface area contributed by atoms with Crippen molar-refractivity contribution in [3.63, 3.8) is 0 Å². The number of ether oxygens (including phenoxy) is 1. The summed E-state index contributed by atoms with van der Waals surface area (Å²) in [6.45, 7) is 7.76. The van der Waals surface area contributed by atoms with E-state index in [1.54, 1.807) is 49.6 Å². The zero-order valence-electron chi connectivity index (χ0n) is 27.1. The van der Waals surface area contributed by atoms with E-state index in [0.717, 1.165) is 26.6 Å². The molecule has 46 heavy (non-hydrogen) atoms. The molecule has 0 saturated heterocycles. The van der Waals surface area contributed by atoms with Crippen molar-refractivity contribution in [2.75, 3.05) is 24.5 Å². The summed E-state index contributed by atoms with van der Waals surface area (Å²) in [5, 5.41) is 2.88. The zero-order chi connectivity index (χ0) is 33.3. The SMILES string of the molecule is CCNC(=O)[C@@H](Cc1ccccc1)N(Cc1cccc(OC)c1)C(=O)CN(c1ccc(C(C)C)cc1)S(=O)(=O)c1ccc(C)cc1. The molecule has 0 radical (unpaired) electrons. The normalized spacial score (nSPS) is 12.0. The van der Waals surface area contributed by atoms with Gasteiger partial charge in [0.05, 0.1) is 17.7 Å². The Bertz CT molecular complexity index is 1710. The third kappa shape index (κ3) is 8.54. The van der Waals surface area contributed by atoms with E-state index in [1.807, 2.05) is 74.5 Å². The fraction of sp³-hybridized carbons (Fsp3) is 0.297. The maximum atomic E-state index is 14.5. The molecule has 0 fully saturated rings. The number of likely N-dealkylation sites (N-methyl/N-ethyl adjacent to an activating group) is 1. The van der Waals surface area contributed by atoms with Gasteiger partial charge in [0.15, 0.2) is 0 Å². The van der Waals surface area contributed by atoms with Gasteiger partial charge in [0.2, 0.25) is 11.8 Å². The van der Waals surface area contributed by atoms with Crippen molar-refractivity contribution in [2.45, 2.75) is 57.5 Å². The number of aryl methyl sites for hydroxylation is 1. The van der Waals surface area contributed by atoms with E-state index in [2.05, 4.69) is 19.2 Å². The highest BCUT2D eigenvalue weighted by atomic mass is 32.2. The molecule has 4 aromatic rings. The summed E-state index contributed by atoms with van der Waals surface area (Å²) in [4.78, 5) is 29.7. The van der Waals surface area contributed by atoms with Crippen LogP contribution in [0.25, 0.3) is 0 Å². The number of benzene rings is 4. The number of carbonyl (C=O) groups is 2. The first-order chi connectivity index (χ1) is 22.0. The predicted molar refractivity (Wildman–Crippen MR) is 182 cm³/mol. The summed E-state index contributed by atoms with van der Waals surface area (Å²) in [6, 6.07) is 29.6. The smallest absolute Gasteiger partial charge is 0.264 e. The van der Waals surface area contributed by atoms with Gasteiger partial charge in [-0.15, -0.1) is 0 Å². The van der Waals surface area contributed by atoms with Crippen LogP contribution in [0.3, 0.4) is 0 Å². The van der Waals surface area contributed by atoms with Crippen molar-refractivity contribution in [3.8, 4) is 5.75 Å². The maximum absolute atomic E-state index is 14.5. The minimum Gasteiger partial charge on any atom is -0.497 e. The lowest BCUT2D eigenvalue weighted by Crippen LogP contribution is -2.53. The molecule has 2 amide bonds. The number of anilines is 1. The largest absolute Gasteiger partial charge is 0.497 e. The molecule has 0 aromatic heterocycles. The molecule has 4 rings (SSSR count). The number of nitrogens with one attached hydrogen (secondary N) is 1. The van der Waals surface area contributed by atoms with Gasteiger partial charge in [0.1, 0.15) is 18.3 Å². The molecule has 9 heteroatoms. The molecule has 4 aromatic carbocycles.